The molecule has 0 aromatic heterocycles. The average molecular weight is 243 g/mol. The maximum absolute atomic E-state index is 10.7. The van der Waals surface area contributed by atoms with Gasteiger partial charge < -0.3 is 15.0 Å². The SMILES string of the molecule is O=CCCc1cccc(Cl)c1C(O)C(=O)O. The lowest BCUT2D eigenvalue weighted by atomic mass is 9.99. The van der Waals surface area contributed by atoms with E-state index in [1.54, 1.807) is 12.1 Å². The summed E-state index contributed by atoms with van der Waals surface area (Å²) in [7, 11) is 0. The number of carboxylic acid groups (broad SMARTS) is 1. The largest absolute Gasteiger partial charge is 0.479 e. The summed E-state index contributed by atoms with van der Waals surface area (Å²) < 4.78 is 0. The van der Waals surface area contributed by atoms with Crippen molar-refractivity contribution in [2.45, 2.75) is 18.9 Å². The number of aldehydes is 1. The number of benzene rings is 1. The second kappa shape index (κ2) is 5.63. The molecule has 0 aliphatic rings. The standard InChI is InChI=1S/C11H11ClO4/c12-8-5-1-3-7(4-2-6-13)9(8)10(14)11(15)16/h1,3,5-6,10,14H,2,4H2,(H,15,16). The molecule has 0 aliphatic carbocycles. The van der Waals surface area contributed by atoms with Crippen LogP contribution >= 0.6 is 11.6 Å². The topological polar surface area (TPSA) is 74.6 Å². The molecule has 5 heteroatoms. The Morgan fingerprint density at radius 1 is 1.50 bits per heavy atom. The molecule has 16 heavy (non-hydrogen) atoms. The van der Waals surface area contributed by atoms with Crippen LogP contribution in [0.15, 0.2) is 18.2 Å². The van der Waals surface area contributed by atoms with E-state index in [-0.39, 0.29) is 17.0 Å². The monoisotopic (exact) mass is 242 g/mol. The fraction of sp³-hybridized carbons (Fsp3) is 0.273. The third-order valence-corrected chi connectivity index (χ3v) is 2.51. The first-order valence-corrected chi connectivity index (χ1v) is 5.07. The molecule has 1 atom stereocenters. The number of carbonyl (C=O) groups is 2. The third-order valence-electron chi connectivity index (χ3n) is 2.18. The number of halogens is 1. The Morgan fingerprint density at radius 2 is 2.19 bits per heavy atom. The van der Waals surface area contributed by atoms with Gasteiger partial charge in [0.15, 0.2) is 6.10 Å². The lowest BCUT2D eigenvalue weighted by molar-refractivity contribution is -0.147. The van der Waals surface area contributed by atoms with Crippen LogP contribution in [0.25, 0.3) is 0 Å². The van der Waals surface area contributed by atoms with Crippen molar-refractivity contribution in [1.82, 2.24) is 0 Å². The van der Waals surface area contributed by atoms with E-state index in [9.17, 15) is 14.7 Å². The molecular formula is C11H11ClO4. The lowest BCUT2D eigenvalue weighted by Crippen LogP contribution is -2.13. The van der Waals surface area contributed by atoms with E-state index in [1.807, 2.05) is 0 Å². The van der Waals surface area contributed by atoms with Gasteiger partial charge in [0.2, 0.25) is 0 Å². The first-order valence-electron chi connectivity index (χ1n) is 4.69. The van der Waals surface area contributed by atoms with Gasteiger partial charge >= 0.3 is 5.97 Å². The second-order valence-corrected chi connectivity index (χ2v) is 3.67. The highest BCUT2D eigenvalue weighted by Crippen LogP contribution is 2.27. The molecule has 4 nitrogen and oxygen atoms in total. The molecule has 1 rings (SSSR count). The van der Waals surface area contributed by atoms with Gasteiger partial charge in [0.1, 0.15) is 6.29 Å². The molecule has 0 amide bonds. The number of carboxylic acids is 1. The van der Waals surface area contributed by atoms with Crippen molar-refractivity contribution in [1.29, 1.82) is 0 Å². The van der Waals surface area contributed by atoms with E-state index in [0.29, 0.717) is 12.0 Å². The zero-order valence-electron chi connectivity index (χ0n) is 8.39. The molecule has 2 N–H and O–H groups in total. The van der Waals surface area contributed by atoms with E-state index in [1.165, 1.54) is 6.07 Å². The summed E-state index contributed by atoms with van der Waals surface area (Å²) in [4.78, 5) is 21.0. The van der Waals surface area contributed by atoms with Crippen molar-refractivity contribution < 1.29 is 19.8 Å². The summed E-state index contributed by atoms with van der Waals surface area (Å²) in [6.45, 7) is 0. The predicted octanol–water partition coefficient (Wildman–Crippen LogP) is 1.59. The Bertz CT molecular complexity index is 403. The highest BCUT2D eigenvalue weighted by Gasteiger charge is 2.21. The summed E-state index contributed by atoms with van der Waals surface area (Å²) in [5.74, 6) is -1.36. The van der Waals surface area contributed by atoms with Crippen LogP contribution in [0, 0.1) is 0 Å². The minimum Gasteiger partial charge on any atom is -0.479 e. The second-order valence-electron chi connectivity index (χ2n) is 3.26. The number of rotatable bonds is 5. The van der Waals surface area contributed by atoms with Crippen LogP contribution in [0.1, 0.15) is 23.7 Å². The summed E-state index contributed by atoms with van der Waals surface area (Å²) >= 11 is 5.84. The molecule has 0 saturated heterocycles. The van der Waals surface area contributed by atoms with Crippen molar-refractivity contribution >= 4 is 23.9 Å². The minimum atomic E-state index is -1.66. The molecule has 0 radical (unpaired) electrons. The summed E-state index contributed by atoms with van der Waals surface area (Å²) in [6, 6.07) is 4.81. The fourth-order valence-electron chi connectivity index (χ4n) is 1.44. The number of aliphatic carboxylic acids is 1. The number of hydrogen-bond donors (Lipinski definition) is 2. The molecule has 0 bridgehead atoms. The van der Waals surface area contributed by atoms with Gasteiger partial charge in [-0.3, -0.25) is 0 Å². The van der Waals surface area contributed by atoms with Crippen LogP contribution in [-0.4, -0.2) is 22.5 Å². The molecular weight excluding hydrogens is 232 g/mol. The molecule has 0 spiro atoms. The van der Waals surface area contributed by atoms with Crippen LogP contribution in [0.5, 0.6) is 0 Å². The molecule has 0 fully saturated rings. The van der Waals surface area contributed by atoms with E-state index in [0.717, 1.165) is 6.29 Å². The highest BCUT2D eigenvalue weighted by atomic mass is 35.5. The molecule has 0 saturated carbocycles. The van der Waals surface area contributed by atoms with E-state index in [2.05, 4.69) is 0 Å². The normalized spacial score (nSPS) is 12.1. The Morgan fingerprint density at radius 3 is 2.75 bits per heavy atom. The van der Waals surface area contributed by atoms with Gasteiger partial charge in [-0.05, 0) is 18.1 Å². The Kier molecular flexibility index (Phi) is 4.46. The summed E-state index contributed by atoms with van der Waals surface area (Å²) in [5.41, 5.74) is 0.744. The van der Waals surface area contributed by atoms with Crippen molar-refractivity contribution in [3.8, 4) is 0 Å². The van der Waals surface area contributed by atoms with Crippen molar-refractivity contribution in [2.24, 2.45) is 0 Å². The van der Waals surface area contributed by atoms with Crippen molar-refractivity contribution in [2.75, 3.05) is 0 Å². The van der Waals surface area contributed by atoms with Crippen LogP contribution in [0.3, 0.4) is 0 Å². The Hall–Kier alpha value is -1.39. The fourth-order valence-corrected chi connectivity index (χ4v) is 1.74. The maximum Gasteiger partial charge on any atom is 0.337 e. The molecule has 86 valence electrons. The number of aliphatic hydroxyl groups excluding tert-OH is 1. The molecule has 1 aromatic carbocycles. The quantitative estimate of drug-likeness (QED) is 0.769. The van der Waals surface area contributed by atoms with Gasteiger partial charge in [0, 0.05) is 17.0 Å². The number of carbonyl (C=O) groups excluding carboxylic acids is 1. The van der Waals surface area contributed by atoms with Gasteiger partial charge in [-0.1, -0.05) is 23.7 Å². The molecule has 1 aromatic rings. The van der Waals surface area contributed by atoms with E-state index >= 15 is 0 Å². The molecule has 0 heterocycles. The van der Waals surface area contributed by atoms with E-state index < -0.39 is 12.1 Å². The Labute approximate surface area is 97.5 Å². The van der Waals surface area contributed by atoms with Gasteiger partial charge in [0.25, 0.3) is 0 Å². The first-order chi connectivity index (χ1) is 7.57. The van der Waals surface area contributed by atoms with Crippen molar-refractivity contribution in [3.05, 3.63) is 34.3 Å². The number of aryl methyl sites for hydroxylation is 1. The summed E-state index contributed by atoms with van der Waals surface area (Å²) in [5, 5.41) is 18.4. The minimum absolute atomic E-state index is 0.165. The Balaban J connectivity index is 3.12. The zero-order chi connectivity index (χ0) is 12.1. The number of aliphatic hydroxyl groups is 1. The maximum atomic E-state index is 10.7. The number of hydrogen-bond acceptors (Lipinski definition) is 3. The van der Waals surface area contributed by atoms with Gasteiger partial charge in [-0.25, -0.2) is 4.79 Å². The lowest BCUT2D eigenvalue weighted by Gasteiger charge is -2.13. The van der Waals surface area contributed by atoms with Crippen LogP contribution in [-0.2, 0) is 16.0 Å². The molecule has 0 aliphatic heterocycles. The predicted molar refractivity (Wildman–Crippen MR) is 58.4 cm³/mol. The van der Waals surface area contributed by atoms with Crippen LogP contribution < -0.4 is 0 Å². The van der Waals surface area contributed by atoms with Gasteiger partial charge in [-0.2, -0.15) is 0 Å². The van der Waals surface area contributed by atoms with Gasteiger partial charge in [0.05, 0.1) is 0 Å². The van der Waals surface area contributed by atoms with Crippen LogP contribution in [0.2, 0.25) is 5.02 Å². The van der Waals surface area contributed by atoms with E-state index in [4.69, 9.17) is 16.7 Å². The highest BCUT2D eigenvalue weighted by molar-refractivity contribution is 6.31. The van der Waals surface area contributed by atoms with Crippen LogP contribution in [0.4, 0.5) is 0 Å². The summed E-state index contributed by atoms with van der Waals surface area (Å²) in [6.07, 6.45) is -0.295. The van der Waals surface area contributed by atoms with Gasteiger partial charge in [-0.15, -0.1) is 0 Å². The zero-order valence-corrected chi connectivity index (χ0v) is 9.15. The smallest absolute Gasteiger partial charge is 0.337 e. The third kappa shape index (κ3) is 2.81. The first kappa shape index (κ1) is 12.7. The molecule has 1 unspecified atom stereocenters. The average Bonchev–Trinajstić information content (AvgIpc) is 2.25. The van der Waals surface area contributed by atoms with Crippen molar-refractivity contribution in [3.63, 3.8) is 0 Å².